The van der Waals surface area contributed by atoms with Gasteiger partial charge in [-0.15, -0.1) is 0 Å². The van der Waals surface area contributed by atoms with Gasteiger partial charge in [-0.3, -0.25) is 24.3 Å². The largest absolute Gasteiger partial charge is 0.285 e. The van der Waals surface area contributed by atoms with Gasteiger partial charge < -0.3 is 0 Å². The topological polar surface area (TPSA) is 73.6 Å². The van der Waals surface area contributed by atoms with Gasteiger partial charge >= 0.3 is 0 Å². The van der Waals surface area contributed by atoms with E-state index in [2.05, 4.69) is 19.9 Å². The van der Waals surface area contributed by atoms with E-state index in [0.29, 0.717) is 11.2 Å². The van der Waals surface area contributed by atoms with Gasteiger partial charge in [0.1, 0.15) is 11.3 Å². The first-order valence-electron chi connectivity index (χ1n) is 11.3. The third-order valence-corrected chi connectivity index (χ3v) is 6.78. The highest BCUT2D eigenvalue weighted by atomic mass is 19.1. The Morgan fingerprint density at radius 2 is 1.85 bits per heavy atom. The van der Waals surface area contributed by atoms with Crippen LogP contribution in [0.25, 0.3) is 11.2 Å². The van der Waals surface area contributed by atoms with Gasteiger partial charge in [0.25, 0.3) is 5.56 Å². The zero-order valence-electron chi connectivity index (χ0n) is 19.0. The van der Waals surface area contributed by atoms with E-state index >= 15 is 0 Å². The van der Waals surface area contributed by atoms with Crippen molar-refractivity contribution >= 4 is 11.2 Å². The third kappa shape index (κ3) is 3.92. The normalized spacial score (nSPS) is 18.2. The van der Waals surface area contributed by atoms with Gasteiger partial charge in [-0.25, -0.2) is 9.37 Å². The second-order valence-electron chi connectivity index (χ2n) is 8.98. The molecule has 0 amide bonds. The molecule has 1 aliphatic rings. The maximum Gasteiger partial charge on any atom is 0.256 e. The highest BCUT2D eigenvalue weighted by Crippen LogP contribution is 2.44. The monoisotopic (exact) mass is 443 g/mol. The molecule has 5 rings (SSSR count). The number of aryl methyl sites for hydroxylation is 3. The fourth-order valence-corrected chi connectivity index (χ4v) is 5.10. The van der Waals surface area contributed by atoms with Crippen molar-refractivity contribution in [2.24, 2.45) is 0 Å². The molecule has 3 heterocycles. The molecule has 0 radical (unpaired) electrons. The lowest BCUT2D eigenvalue weighted by Gasteiger charge is -2.17. The van der Waals surface area contributed by atoms with E-state index < -0.39 is 0 Å². The van der Waals surface area contributed by atoms with Gasteiger partial charge in [-0.2, -0.15) is 0 Å². The van der Waals surface area contributed by atoms with E-state index in [0.717, 1.165) is 53.0 Å². The Balaban J connectivity index is 1.58. The van der Waals surface area contributed by atoms with E-state index in [1.807, 2.05) is 32.9 Å². The quantitative estimate of drug-likeness (QED) is 0.455. The van der Waals surface area contributed by atoms with Gasteiger partial charge in [0.05, 0.1) is 23.6 Å². The summed E-state index contributed by atoms with van der Waals surface area (Å²) in [5.41, 5.74) is 5.88. The van der Waals surface area contributed by atoms with Crippen LogP contribution in [-0.4, -0.2) is 24.5 Å². The lowest BCUT2D eigenvalue weighted by Crippen LogP contribution is -2.27. The molecule has 1 aliphatic carbocycles. The van der Waals surface area contributed by atoms with Crippen LogP contribution in [0, 0.1) is 26.6 Å². The molecule has 1 fully saturated rings. The van der Waals surface area contributed by atoms with E-state index in [4.69, 9.17) is 0 Å². The molecule has 0 N–H and O–H groups in total. The summed E-state index contributed by atoms with van der Waals surface area (Å²) in [5.74, 6) is -0.00895. The van der Waals surface area contributed by atoms with Crippen molar-refractivity contribution in [3.63, 3.8) is 0 Å². The van der Waals surface area contributed by atoms with Crippen molar-refractivity contribution in [3.8, 4) is 0 Å². The van der Waals surface area contributed by atoms with Gasteiger partial charge in [0, 0.05) is 24.2 Å². The highest BCUT2D eigenvalue weighted by Gasteiger charge is 2.32. The lowest BCUT2D eigenvalue weighted by molar-refractivity contribution is 0.573. The molecule has 0 saturated heterocycles. The fourth-order valence-electron chi connectivity index (χ4n) is 5.10. The minimum absolute atomic E-state index is 0.0446. The van der Waals surface area contributed by atoms with Crippen LogP contribution in [0.4, 0.5) is 4.39 Å². The molecule has 168 valence electrons. The van der Waals surface area contributed by atoms with Gasteiger partial charge in [0.15, 0.2) is 5.65 Å². The summed E-state index contributed by atoms with van der Waals surface area (Å²) in [6.45, 7) is 5.98. The van der Waals surface area contributed by atoms with Crippen molar-refractivity contribution in [1.29, 1.82) is 0 Å². The summed E-state index contributed by atoms with van der Waals surface area (Å²) in [6.07, 6.45) is 7.42. The fraction of sp³-hybridized carbons (Fsp3) is 0.346. The number of aromatic nitrogens is 5. The number of nitrogens with zero attached hydrogens (tertiary/aromatic N) is 5. The molecule has 4 aromatic rings. The van der Waals surface area contributed by atoms with Crippen molar-refractivity contribution in [2.75, 3.05) is 0 Å². The first kappa shape index (κ1) is 21.4. The summed E-state index contributed by atoms with van der Waals surface area (Å²) in [6, 6.07) is 7.11. The predicted octanol–water partition coefficient (Wildman–Crippen LogP) is 4.75. The zero-order valence-corrected chi connectivity index (χ0v) is 19.0. The molecule has 1 aromatic carbocycles. The maximum absolute atomic E-state index is 14.6. The Hall–Kier alpha value is -3.48. The Morgan fingerprint density at radius 3 is 2.64 bits per heavy atom. The van der Waals surface area contributed by atoms with Crippen molar-refractivity contribution < 1.29 is 4.39 Å². The molecule has 0 unspecified atom stereocenters. The third-order valence-electron chi connectivity index (χ3n) is 6.78. The van der Waals surface area contributed by atoms with Gasteiger partial charge in [-0.05, 0) is 75.1 Å². The Bertz CT molecular complexity index is 1390. The van der Waals surface area contributed by atoms with Crippen LogP contribution in [0.5, 0.6) is 0 Å². The SMILES string of the molecule is Cc1cnc2cc([C@@H]3CC[C@@H](c4c(C)cccc4F)C3)c(=O)n(Cc3nccnc3C)c2n1. The van der Waals surface area contributed by atoms with Crippen LogP contribution in [0.3, 0.4) is 0 Å². The van der Waals surface area contributed by atoms with Crippen LogP contribution < -0.4 is 5.56 Å². The summed E-state index contributed by atoms with van der Waals surface area (Å²) in [5, 5.41) is 0. The average molecular weight is 444 g/mol. The number of benzene rings is 1. The Kier molecular flexibility index (Phi) is 5.48. The molecule has 6 nitrogen and oxygen atoms in total. The molecule has 0 bridgehead atoms. The number of hydrogen-bond donors (Lipinski definition) is 0. The number of halogens is 1. The minimum atomic E-state index is -0.156. The molecule has 3 aromatic heterocycles. The van der Waals surface area contributed by atoms with Crippen molar-refractivity contribution in [1.82, 2.24) is 24.5 Å². The summed E-state index contributed by atoms with van der Waals surface area (Å²) < 4.78 is 16.3. The molecule has 0 aliphatic heterocycles. The zero-order chi connectivity index (χ0) is 23.1. The molecule has 1 saturated carbocycles. The van der Waals surface area contributed by atoms with E-state index in [-0.39, 0.29) is 29.8 Å². The Morgan fingerprint density at radius 1 is 1.06 bits per heavy atom. The van der Waals surface area contributed by atoms with Crippen LogP contribution in [-0.2, 0) is 6.54 Å². The molecular formula is C26H26FN5O. The molecular weight excluding hydrogens is 417 g/mol. The first-order valence-corrected chi connectivity index (χ1v) is 11.3. The smallest absolute Gasteiger partial charge is 0.256 e. The van der Waals surface area contributed by atoms with Gasteiger partial charge in [-0.1, -0.05) is 12.1 Å². The Labute approximate surface area is 191 Å². The number of pyridine rings is 1. The van der Waals surface area contributed by atoms with Crippen LogP contribution in [0.15, 0.2) is 47.7 Å². The maximum atomic E-state index is 14.6. The summed E-state index contributed by atoms with van der Waals surface area (Å²) in [4.78, 5) is 31.7. The standard InChI is InChI=1S/C26H26FN5O/c1-15-5-4-6-21(27)24(15)19-8-7-18(11-19)20-12-22-25(31-16(2)13-30-22)32(26(20)33)14-23-17(3)28-9-10-29-23/h4-6,9-10,12-13,18-19H,7-8,11,14H2,1-3H3/t18-,19-/m1/s1. The second-order valence-corrected chi connectivity index (χ2v) is 8.98. The molecule has 2 atom stereocenters. The molecule has 7 heteroatoms. The second kappa shape index (κ2) is 8.46. The predicted molar refractivity (Wildman–Crippen MR) is 125 cm³/mol. The molecule has 0 spiro atoms. The first-order chi connectivity index (χ1) is 15.9. The van der Waals surface area contributed by atoms with E-state index in [1.54, 1.807) is 29.2 Å². The van der Waals surface area contributed by atoms with Crippen molar-refractivity contribution in [2.45, 2.75) is 58.4 Å². The van der Waals surface area contributed by atoms with E-state index in [1.165, 1.54) is 6.07 Å². The summed E-state index contributed by atoms with van der Waals surface area (Å²) >= 11 is 0. The average Bonchev–Trinajstić information content (AvgIpc) is 3.26. The van der Waals surface area contributed by atoms with Crippen molar-refractivity contribution in [3.05, 3.63) is 92.8 Å². The van der Waals surface area contributed by atoms with Gasteiger partial charge in [0.2, 0.25) is 0 Å². The van der Waals surface area contributed by atoms with Crippen LogP contribution in [0.2, 0.25) is 0 Å². The minimum Gasteiger partial charge on any atom is -0.285 e. The molecule has 33 heavy (non-hydrogen) atoms. The number of rotatable bonds is 4. The van der Waals surface area contributed by atoms with Crippen LogP contribution in [0.1, 0.15) is 64.9 Å². The summed E-state index contributed by atoms with van der Waals surface area (Å²) in [7, 11) is 0. The lowest BCUT2D eigenvalue weighted by atomic mass is 9.90. The highest BCUT2D eigenvalue weighted by molar-refractivity contribution is 5.71. The van der Waals surface area contributed by atoms with Crippen LogP contribution >= 0.6 is 0 Å². The van der Waals surface area contributed by atoms with E-state index in [9.17, 15) is 9.18 Å². The number of hydrogen-bond acceptors (Lipinski definition) is 5. The number of fused-ring (bicyclic) bond motifs is 1.